The maximum absolute atomic E-state index is 15.1. The molecule has 2 aliphatic rings. The molecule has 1 spiro atoms. The van der Waals surface area contributed by atoms with Crippen LogP contribution in [0.5, 0.6) is 0 Å². The highest BCUT2D eigenvalue weighted by Gasteiger charge is 2.60. The summed E-state index contributed by atoms with van der Waals surface area (Å²) in [6.07, 6.45) is 5.10. The van der Waals surface area contributed by atoms with E-state index >= 15 is 4.39 Å². The zero-order chi connectivity index (χ0) is 24.0. The molecule has 1 aromatic carbocycles. The summed E-state index contributed by atoms with van der Waals surface area (Å²) in [5.74, 6) is -1.45. The maximum atomic E-state index is 15.1. The molecule has 8 nitrogen and oxygen atoms in total. The zero-order valence-corrected chi connectivity index (χ0v) is 19.7. The molecule has 1 N–H and O–H groups in total. The lowest BCUT2D eigenvalue weighted by atomic mass is 9.75. The molecule has 1 saturated heterocycles. The number of rotatable bonds is 4. The van der Waals surface area contributed by atoms with Gasteiger partial charge in [0.15, 0.2) is 10.6 Å². The lowest BCUT2D eigenvalue weighted by Gasteiger charge is -2.44. The first-order valence-electron chi connectivity index (χ1n) is 10.5. The number of hydrogen-bond donors (Lipinski definition) is 2. The number of pyridine rings is 1. The minimum Gasteiger partial charge on any atom is -0.327 e. The van der Waals surface area contributed by atoms with Crippen LogP contribution in [0.1, 0.15) is 40.9 Å². The van der Waals surface area contributed by atoms with Crippen LogP contribution in [0.3, 0.4) is 0 Å². The maximum Gasteiger partial charge on any atom is 0.260 e. The van der Waals surface area contributed by atoms with Gasteiger partial charge in [-0.25, -0.2) is 14.4 Å². The monoisotopic (exact) mass is 494 g/mol. The minimum atomic E-state index is -0.842. The number of benzene rings is 1. The third-order valence-electron chi connectivity index (χ3n) is 6.30. The van der Waals surface area contributed by atoms with Crippen LogP contribution in [-0.2, 0) is 4.79 Å². The smallest absolute Gasteiger partial charge is 0.260 e. The van der Waals surface area contributed by atoms with Crippen LogP contribution < -0.4 is 15.1 Å². The Balaban J connectivity index is 1.48. The van der Waals surface area contributed by atoms with Gasteiger partial charge in [0.2, 0.25) is 0 Å². The molecule has 3 heterocycles. The largest absolute Gasteiger partial charge is 0.327 e. The van der Waals surface area contributed by atoms with E-state index in [4.69, 9.17) is 12.6 Å². The van der Waals surface area contributed by atoms with Crippen LogP contribution in [0.2, 0.25) is 0 Å². The Labute approximate surface area is 204 Å². The van der Waals surface area contributed by atoms with Crippen molar-refractivity contribution in [2.24, 2.45) is 0 Å². The molecule has 0 bridgehead atoms. The number of halogens is 1. The van der Waals surface area contributed by atoms with Crippen LogP contribution in [-0.4, -0.2) is 32.8 Å². The minimum absolute atomic E-state index is 0.119. The van der Waals surface area contributed by atoms with Crippen molar-refractivity contribution in [1.29, 1.82) is 5.26 Å². The molecular weight excluding hydrogens is 475 g/mol. The average Bonchev–Trinajstić information content (AvgIpc) is 3.36. The SMILES string of the molecule is Cc1cc(N2C(=O)C3(CCC3)N(c3ccc(C(=O)Nc4nccs4)c(F)c3)C2S)cnc1C#N. The highest BCUT2D eigenvalue weighted by Crippen LogP contribution is 2.50. The molecule has 34 heavy (non-hydrogen) atoms. The Morgan fingerprint density at radius 3 is 2.71 bits per heavy atom. The van der Waals surface area contributed by atoms with Gasteiger partial charge in [-0.1, -0.05) is 0 Å². The number of nitriles is 1. The van der Waals surface area contributed by atoms with E-state index in [1.165, 1.54) is 34.6 Å². The second-order valence-electron chi connectivity index (χ2n) is 8.20. The first kappa shape index (κ1) is 22.3. The number of nitrogens with one attached hydrogen (secondary N) is 1. The average molecular weight is 495 g/mol. The first-order chi connectivity index (χ1) is 16.4. The summed E-state index contributed by atoms with van der Waals surface area (Å²) >= 11 is 5.98. The summed E-state index contributed by atoms with van der Waals surface area (Å²) in [5, 5.41) is 13.8. The van der Waals surface area contributed by atoms with Crippen molar-refractivity contribution in [2.45, 2.75) is 37.2 Å². The quantitative estimate of drug-likeness (QED) is 0.530. The van der Waals surface area contributed by atoms with E-state index in [2.05, 4.69) is 15.3 Å². The van der Waals surface area contributed by atoms with Gasteiger partial charge in [0.1, 0.15) is 23.1 Å². The molecular formula is C23H19FN6O2S2. The molecule has 0 radical (unpaired) electrons. The molecule has 1 unspecified atom stereocenters. The highest BCUT2D eigenvalue weighted by atomic mass is 32.1. The molecule has 1 aliphatic carbocycles. The van der Waals surface area contributed by atoms with Gasteiger partial charge in [0.05, 0.1) is 17.4 Å². The number of hydrogen-bond acceptors (Lipinski definition) is 8. The Morgan fingerprint density at radius 2 is 2.12 bits per heavy atom. The van der Waals surface area contributed by atoms with Crippen LogP contribution in [0.25, 0.3) is 0 Å². The van der Waals surface area contributed by atoms with Crippen molar-refractivity contribution in [2.75, 3.05) is 15.1 Å². The number of amides is 2. The van der Waals surface area contributed by atoms with Crippen LogP contribution in [0.4, 0.5) is 20.9 Å². The van der Waals surface area contributed by atoms with Crippen LogP contribution >= 0.6 is 24.0 Å². The number of aromatic nitrogens is 2. The van der Waals surface area contributed by atoms with E-state index in [9.17, 15) is 14.9 Å². The van der Waals surface area contributed by atoms with E-state index in [0.29, 0.717) is 34.9 Å². The molecule has 2 fully saturated rings. The number of nitrogens with zero attached hydrogens (tertiary/aromatic N) is 5. The van der Waals surface area contributed by atoms with E-state index < -0.39 is 22.8 Å². The molecule has 11 heteroatoms. The molecule has 2 aromatic heterocycles. The van der Waals surface area contributed by atoms with Crippen molar-refractivity contribution in [3.05, 3.63) is 64.7 Å². The van der Waals surface area contributed by atoms with E-state index in [1.54, 1.807) is 35.5 Å². The Bertz CT molecular complexity index is 1340. The Kier molecular flexibility index (Phi) is 5.50. The number of carbonyl (C=O) groups is 2. The summed E-state index contributed by atoms with van der Waals surface area (Å²) < 4.78 is 15.1. The van der Waals surface area contributed by atoms with Gasteiger partial charge in [-0.15, -0.1) is 24.0 Å². The van der Waals surface area contributed by atoms with Gasteiger partial charge < -0.3 is 4.90 Å². The number of thiazole rings is 1. The van der Waals surface area contributed by atoms with Gasteiger partial charge >= 0.3 is 0 Å². The number of carbonyl (C=O) groups excluding carboxylic acids is 2. The molecule has 2 amide bonds. The third kappa shape index (κ3) is 3.41. The molecule has 1 saturated carbocycles. The lowest BCUT2D eigenvalue weighted by molar-refractivity contribution is -0.124. The summed E-state index contributed by atoms with van der Waals surface area (Å²) in [5.41, 5.74) is 0.243. The van der Waals surface area contributed by atoms with Gasteiger partial charge in [-0.05, 0) is 56.0 Å². The summed E-state index contributed by atoms with van der Waals surface area (Å²) in [7, 11) is 0. The van der Waals surface area contributed by atoms with Gasteiger partial charge in [0.25, 0.3) is 11.8 Å². The number of aryl methyl sites for hydroxylation is 1. The van der Waals surface area contributed by atoms with Crippen LogP contribution in [0, 0.1) is 24.1 Å². The second kappa shape index (κ2) is 8.38. The fraction of sp³-hybridized carbons (Fsp3) is 0.261. The van der Waals surface area contributed by atoms with Gasteiger partial charge in [-0.3, -0.25) is 19.8 Å². The van der Waals surface area contributed by atoms with E-state index in [1.807, 2.05) is 6.07 Å². The Morgan fingerprint density at radius 1 is 1.32 bits per heavy atom. The van der Waals surface area contributed by atoms with Gasteiger partial charge in [-0.2, -0.15) is 5.26 Å². The molecule has 5 rings (SSSR count). The lowest BCUT2D eigenvalue weighted by Crippen LogP contribution is -2.55. The predicted octanol–water partition coefficient (Wildman–Crippen LogP) is 4.10. The molecule has 1 atom stereocenters. The summed E-state index contributed by atoms with van der Waals surface area (Å²) in [6, 6.07) is 8.05. The molecule has 172 valence electrons. The topological polar surface area (TPSA) is 102 Å². The fourth-order valence-electron chi connectivity index (χ4n) is 4.46. The van der Waals surface area contributed by atoms with Crippen molar-refractivity contribution in [1.82, 2.24) is 9.97 Å². The van der Waals surface area contributed by atoms with Gasteiger partial charge in [0, 0.05) is 17.3 Å². The highest BCUT2D eigenvalue weighted by molar-refractivity contribution is 7.81. The fourth-order valence-corrected chi connectivity index (χ4v) is 5.58. The second-order valence-corrected chi connectivity index (χ2v) is 9.56. The predicted molar refractivity (Wildman–Crippen MR) is 129 cm³/mol. The van der Waals surface area contributed by atoms with Crippen molar-refractivity contribution < 1.29 is 14.0 Å². The number of thiol groups is 1. The number of anilines is 3. The van der Waals surface area contributed by atoms with Crippen molar-refractivity contribution >= 4 is 52.3 Å². The normalized spacial score (nSPS) is 18.6. The van der Waals surface area contributed by atoms with Crippen molar-refractivity contribution in [3.8, 4) is 6.07 Å². The van der Waals surface area contributed by atoms with Crippen molar-refractivity contribution in [3.63, 3.8) is 0 Å². The van der Waals surface area contributed by atoms with E-state index in [-0.39, 0.29) is 17.2 Å². The van der Waals surface area contributed by atoms with Crippen LogP contribution in [0.15, 0.2) is 42.0 Å². The van der Waals surface area contributed by atoms with E-state index in [0.717, 1.165) is 6.42 Å². The molecule has 3 aromatic rings. The summed E-state index contributed by atoms with van der Waals surface area (Å²) in [4.78, 5) is 37.6. The third-order valence-corrected chi connectivity index (χ3v) is 7.45. The summed E-state index contributed by atoms with van der Waals surface area (Å²) in [6.45, 7) is 1.75. The molecule has 1 aliphatic heterocycles. The zero-order valence-electron chi connectivity index (χ0n) is 18.0. The first-order valence-corrected chi connectivity index (χ1v) is 11.9. The Hall–Kier alpha value is -3.49. The standard InChI is InChI=1S/C23H19FN6O2S2/c1-13-9-15(12-27-18(13)11-25)29-20(32)23(5-2-6-23)30(22(29)33)14-3-4-16(17(24)10-14)19(31)28-21-26-7-8-34-21/h3-4,7-10,12,22,33H,2,5-6H2,1H3,(H,26,28,31).